The second kappa shape index (κ2) is 9.64. The molecule has 0 atom stereocenters. The van der Waals surface area contributed by atoms with Gasteiger partial charge in [-0.1, -0.05) is 0 Å². The zero-order valence-corrected chi connectivity index (χ0v) is 18.5. The molecule has 1 aromatic carbocycles. The first-order valence-corrected chi connectivity index (χ1v) is 10.6. The second-order valence-corrected chi connectivity index (χ2v) is 7.59. The van der Waals surface area contributed by atoms with Crippen molar-refractivity contribution in [2.45, 2.75) is 47.1 Å². The lowest BCUT2D eigenvalue weighted by Gasteiger charge is -2.06. The second-order valence-electron chi connectivity index (χ2n) is 7.59. The maximum atomic E-state index is 12.5. The van der Waals surface area contributed by atoms with Crippen LogP contribution in [0.2, 0.25) is 0 Å². The quantitative estimate of drug-likeness (QED) is 0.489. The smallest absolute Gasteiger partial charge is 0.340 e. The minimum Gasteiger partial charge on any atom is -0.462 e. The molecule has 164 valence electrons. The number of rotatable bonds is 8. The van der Waals surface area contributed by atoms with Gasteiger partial charge in [0.2, 0.25) is 11.8 Å². The van der Waals surface area contributed by atoms with Gasteiger partial charge in [-0.25, -0.2) is 4.79 Å². The molecule has 1 fully saturated rings. The van der Waals surface area contributed by atoms with Crippen LogP contribution in [0.4, 0.5) is 11.4 Å². The molecule has 1 saturated carbocycles. The number of hydrogen-bond acceptors (Lipinski definition) is 4. The molecule has 0 unspecified atom stereocenters. The van der Waals surface area contributed by atoms with Crippen molar-refractivity contribution in [1.29, 1.82) is 0 Å². The Balaban J connectivity index is 1.70. The van der Waals surface area contributed by atoms with Crippen LogP contribution in [0.5, 0.6) is 0 Å². The van der Waals surface area contributed by atoms with E-state index in [2.05, 4.69) is 10.6 Å². The maximum Gasteiger partial charge on any atom is 0.340 e. The van der Waals surface area contributed by atoms with E-state index >= 15 is 0 Å². The first-order chi connectivity index (χ1) is 14.8. The Morgan fingerprint density at radius 3 is 2.19 bits per heavy atom. The average molecular weight is 424 g/mol. The number of esters is 1. The van der Waals surface area contributed by atoms with Crippen LogP contribution >= 0.6 is 0 Å². The zero-order valence-electron chi connectivity index (χ0n) is 18.5. The van der Waals surface area contributed by atoms with E-state index in [9.17, 15) is 14.4 Å². The molecule has 7 heteroatoms. The number of nitrogens with one attached hydrogen (secondary N) is 2. The number of benzene rings is 1. The number of ether oxygens (including phenoxy) is 1. The molecule has 1 aliphatic carbocycles. The Labute approximate surface area is 182 Å². The van der Waals surface area contributed by atoms with Gasteiger partial charge in [0.1, 0.15) is 0 Å². The van der Waals surface area contributed by atoms with E-state index in [1.54, 1.807) is 37.3 Å². The van der Waals surface area contributed by atoms with Crippen molar-refractivity contribution < 1.29 is 19.1 Å². The van der Waals surface area contributed by atoms with E-state index in [-0.39, 0.29) is 30.3 Å². The van der Waals surface area contributed by atoms with Gasteiger partial charge in [-0.2, -0.15) is 0 Å². The Hall–Kier alpha value is -3.35. The Morgan fingerprint density at radius 2 is 1.65 bits per heavy atom. The molecule has 2 amide bonds. The number of aromatic nitrogens is 1. The third-order valence-corrected chi connectivity index (χ3v) is 5.40. The predicted octanol–water partition coefficient (Wildman–Crippen LogP) is 4.30. The molecule has 31 heavy (non-hydrogen) atoms. The molecule has 1 heterocycles. The van der Waals surface area contributed by atoms with Crippen LogP contribution in [0, 0.1) is 19.8 Å². The van der Waals surface area contributed by atoms with Gasteiger partial charge in [0.05, 0.1) is 12.2 Å². The van der Waals surface area contributed by atoms with Crippen molar-refractivity contribution in [3.8, 4) is 0 Å². The largest absolute Gasteiger partial charge is 0.462 e. The van der Waals surface area contributed by atoms with Gasteiger partial charge < -0.3 is 19.9 Å². The van der Waals surface area contributed by atoms with Crippen LogP contribution in [0.25, 0.3) is 6.08 Å². The molecular weight excluding hydrogens is 394 g/mol. The molecule has 1 aromatic heterocycles. The highest BCUT2D eigenvalue weighted by molar-refractivity contribution is 6.04. The van der Waals surface area contributed by atoms with Crippen LogP contribution in [0.15, 0.2) is 30.3 Å². The highest BCUT2D eigenvalue weighted by atomic mass is 16.5. The third kappa shape index (κ3) is 5.23. The minimum atomic E-state index is -0.390. The highest BCUT2D eigenvalue weighted by Crippen LogP contribution is 2.30. The Bertz CT molecular complexity index is 1010. The zero-order chi connectivity index (χ0) is 22.5. The molecule has 3 rings (SSSR count). The number of nitrogens with zero attached hydrogens (tertiary/aromatic N) is 1. The summed E-state index contributed by atoms with van der Waals surface area (Å²) >= 11 is 0. The van der Waals surface area contributed by atoms with Crippen molar-refractivity contribution in [3.63, 3.8) is 0 Å². The summed E-state index contributed by atoms with van der Waals surface area (Å²) in [6.07, 6.45) is 4.96. The molecule has 0 radical (unpaired) electrons. The molecule has 0 bridgehead atoms. The average Bonchev–Trinajstić information content (AvgIpc) is 3.55. The Morgan fingerprint density at radius 1 is 1.03 bits per heavy atom. The van der Waals surface area contributed by atoms with E-state index < -0.39 is 0 Å². The first-order valence-electron chi connectivity index (χ1n) is 10.6. The fraction of sp³-hybridized carbons (Fsp3) is 0.375. The lowest BCUT2D eigenvalue weighted by atomic mass is 10.1. The van der Waals surface area contributed by atoms with E-state index in [1.165, 1.54) is 6.08 Å². The van der Waals surface area contributed by atoms with Gasteiger partial charge in [0, 0.05) is 46.9 Å². The summed E-state index contributed by atoms with van der Waals surface area (Å²) in [5.74, 6) is -0.523. The van der Waals surface area contributed by atoms with Crippen molar-refractivity contribution in [2.75, 3.05) is 17.2 Å². The van der Waals surface area contributed by atoms with Crippen LogP contribution in [-0.4, -0.2) is 29.0 Å². The molecule has 7 nitrogen and oxygen atoms in total. The van der Waals surface area contributed by atoms with Gasteiger partial charge >= 0.3 is 5.97 Å². The number of carbonyl (C=O) groups excluding carboxylic acids is 3. The van der Waals surface area contributed by atoms with Gasteiger partial charge in [0.25, 0.3) is 0 Å². The summed E-state index contributed by atoms with van der Waals surface area (Å²) in [5, 5.41) is 5.66. The van der Waals surface area contributed by atoms with E-state index in [0.29, 0.717) is 29.0 Å². The summed E-state index contributed by atoms with van der Waals surface area (Å²) in [6, 6.07) is 6.99. The van der Waals surface area contributed by atoms with Crippen LogP contribution in [0.1, 0.15) is 54.0 Å². The molecule has 0 spiro atoms. The van der Waals surface area contributed by atoms with Crippen LogP contribution in [-0.2, 0) is 20.9 Å². The van der Waals surface area contributed by atoms with E-state index in [0.717, 1.165) is 24.2 Å². The monoisotopic (exact) mass is 423 g/mol. The molecular formula is C24H29N3O4. The van der Waals surface area contributed by atoms with Gasteiger partial charge in [-0.15, -0.1) is 0 Å². The number of amides is 2. The van der Waals surface area contributed by atoms with Gasteiger partial charge in [-0.3, -0.25) is 9.59 Å². The summed E-state index contributed by atoms with van der Waals surface area (Å²) in [5.41, 5.74) is 4.22. The van der Waals surface area contributed by atoms with Crippen molar-refractivity contribution in [3.05, 3.63) is 52.9 Å². The highest BCUT2D eigenvalue weighted by Gasteiger charge is 2.29. The van der Waals surface area contributed by atoms with Crippen molar-refractivity contribution >= 4 is 35.2 Å². The minimum absolute atomic E-state index is 0.0433. The molecule has 0 saturated heterocycles. The predicted molar refractivity (Wildman–Crippen MR) is 121 cm³/mol. The molecule has 0 aliphatic heterocycles. The first kappa shape index (κ1) is 22.3. The fourth-order valence-corrected chi connectivity index (χ4v) is 3.62. The van der Waals surface area contributed by atoms with Gasteiger partial charge in [-0.05, 0) is 70.9 Å². The fourth-order valence-electron chi connectivity index (χ4n) is 3.62. The van der Waals surface area contributed by atoms with Crippen LogP contribution < -0.4 is 10.6 Å². The maximum absolute atomic E-state index is 12.5. The number of hydrogen-bond donors (Lipinski definition) is 2. The Kier molecular flexibility index (Phi) is 6.95. The van der Waals surface area contributed by atoms with E-state index in [4.69, 9.17) is 4.74 Å². The molecule has 1 aliphatic rings. The third-order valence-electron chi connectivity index (χ3n) is 5.40. The topological polar surface area (TPSA) is 89.4 Å². The lowest BCUT2D eigenvalue weighted by molar-refractivity contribution is -0.117. The lowest BCUT2D eigenvalue weighted by Crippen LogP contribution is -2.13. The summed E-state index contributed by atoms with van der Waals surface area (Å²) in [7, 11) is 0. The SMILES string of the molecule is CCOC(=O)c1c(/C=C/C(=O)Nc2ccc(NC(=O)C3CC3)cc2)c(C)n(CC)c1C. The summed E-state index contributed by atoms with van der Waals surface area (Å²) in [6.45, 7) is 8.58. The van der Waals surface area contributed by atoms with Crippen molar-refractivity contribution in [1.82, 2.24) is 4.57 Å². The van der Waals surface area contributed by atoms with E-state index in [1.807, 2.05) is 25.3 Å². The molecule has 2 aromatic rings. The van der Waals surface area contributed by atoms with Crippen molar-refractivity contribution in [2.24, 2.45) is 5.92 Å². The van der Waals surface area contributed by atoms with Crippen LogP contribution in [0.3, 0.4) is 0 Å². The standard InChI is InChI=1S/C24H29N3O4/c1-5-27-15(3)20(22(16(27)4)24(30)31-6-2)13-14-21(28)25-18-9-11-19(12-10-18)26-23(29)17-7-8-17/h9-14,17H,5-8H2,1-4H3,(H,25,28)(H,26,29)/b14-13+. The normalized spacial score (nSPS) is 13.3. The summed E-state index contributed by atoms with van der Waals surface area (Å²) in [4.78, 5) is 36.7. The number of carbonyl (C=O) groups is 3. The van der Waals surface area contributed by atoms with Gasteiger partial charge in [0.15, 0.2) is 0 Å². The number of anilines is 2. The molecule has 2 N–H and O–H groups in total. The summed E-state index contributed by atoms with van der Waals surface area (Å²) < 4.78 is 7.23.